The quantitative estimate of drug-likeness (QED) is 0.857. The molecule has 0 spiro atoms. The zero-order valence-corrected chi connectivity index (χ0v) is 8.97. The largest absolute Gasteiger partial charge is 0.495 e. The van der Waals surface area contributed by atoms with Gasteiger partial charge in [-0.1, -0.05) is 12.1 Å². The van der Waals surface area contributed by atoms with Crippen LogP contribution in [0.4, 0.5) is 0 Å². The standard InChI is InChI=1S/C11H9NO2S/c1-14-10-5-3-2-4-9(10)11-12-8(6-13)7-15-11/h4-5,7,13H,6H2,1H3. The van der Waals surface area contributed by atoms with E-state index in [-0.39, 0.29) is 6.61 Å². The summed E-state index contributed by atoms with van der Waals surface area (Å²) in [6.45, 7) is -0.0402. The monoisotopic (exact) mass is 219 g/mol. The van der Waals surface area contributed by atoms with Crippen LogP contribution in [0.15, 0.2) is 17.5 Å². The molecule has 0 unspecified atom stereocenters. The van der Waals surface area contributed by atoms with Crippen molar-refractivity contribution in [1.82, 2.24) is 4.98 Å². The summed E-state index contributed by atoms with van der Waals surface area (Å²) in [6, 6.07) is 9.18. The van der Waals surface area contributed by atoms with Crippen molar-refractivity contribution in [2.24, 2.45) is 0 Å². The third-order valence-corrected chi connectivity index (χ3v) is 2.86. The zero-order chi connectivity index (χ0) is 10.7. The molecule has 3 nitrogen and oxygen atoms in total. The third kappa shape index (κ3) is 1.94. The molecular formula is C11H9NO2S. The first-order chi connectivity index (χ1) is 7.35. The molecule has 0 saturated carbocycles. The lowest BCUT2D eigenvalue weighted by atomic mass is 10.2. The first-order valence-corrected chi connectivity index (χ1v) is 5.24. The predicted molar refractivity (Wildman–Crippen MR) is 57.7 cm³/mol. The SMILES string of the molecule is COc1cc#ccc1-c1nc(CO)cs1. The molecule has 1 heterocycles. The second kappa shape index (κ2) is 4.30. The van der Waals surface area contributed by atoms with Gasteiger partial charge in [0.25, 0.3) is 0 Å². The average molecular weight is 219 g/mol. The highest BCUT2D eigenvalue weighted by atomic mass is 32.1. The smallest absolute Gasteiger partial charge is 0.138 e. The van der Waals surface area contributed by atoms with Crippen molar-refractivity contribution in [3.8, 4) is 16.3 Å². The number of aliphatic hydroxyl groups excluding tert-OH is 1. The Kier molecular flexibility index (Phi) is 2.86. The molecule has 2 rings (SSSR count). The summed E-state index contributed by atoms with van der Waals surface area (Å²) in [4.78, 5) is 4.26. The molecular weight excluding hydrogens is 210 g/mol. The van der Waals surface area contributed by atoms with E-state index >= 15 is 0 Å². The van der Waals surface area contributed by atoms with Crippen molar-refractivity contribution in [2.45, 2.75) is 6.61 Å². The van der Waals surface area contributed by atoms with Gasteiger partial charge in [-0.2, -0.15) is 0 Å². The molecule has 1 aromatic carbocycles. The molecule has 0 amide bonds. The lowest BCUT2D eigenvalue weighted by molar-refractivity contribution is 0.278. The van der Waals surface area contributed by atoms with E-state index in [0.717, 1.165) is 10.6 Å². The molecule has 0 saturated heterocycles. The van der Waals surface area contributed by atoms with E-state index in [1.165, 1.54) is 11.3 Å². The van der Waals surface area contributed by atoms with Crippen LogP contribution in [0.5, 0.6) is 5.75 Å². The minimum absolute atomic E-state index is 0.0402. The van der Waals surface area contributed by atoms with E-state index in [2.05, 4.69) is 17.1 Å². The Morgan fingerprint density at radius 3 is 2.93 bits per heavy atom. The molecule has 1 aromatic heterocycles. The van der Waals surface area contributed by atoms with Gasteiger partial charge in [0.1, 0.15) is 10.8 Å². The van der Waals surface area contributed by atoms with Crippen molar-refractivity contribution in [3.63, 3.8) is 0 Å². The van der Waals surface area contributed by atoms with Crippen LogP contribution in [-0.2, 0) is 6.61 Å². The van der Waals surface area contributed by atoms with Gasteiger partial charge in [0.05, 0.1) is 25.0 Å². The minimum Gasteiger partial charge on any atom is -0.495 e. The maximum Gasteiger partial charge on any atom is 0.138 e. The number of thiazole rings is 1. The third-order valence-electron chi connectivity index (χ3n) is 1.93. The van der Waals surface area contributed by atoms with Crippen molar-refractivity contribution in [2.75, 3.05) is 7.11 Å². The van der Waals surface area contributed by atoms with Crippen molar-refractivity contribution < 1.29 is 9.84 Å². The average Bonchev–Trinajstić information content (AvgIpc) is 2.77. The van der Waals surface area contributed by atoms with Crippen LogP contribution in [0.25, 0.3) is 10.6 Å². The highest BCUT2D eigenvalue weighted by Gasteiger charge is 2.08. The summed E-state index contributed by atoms with van der Waals surface area (Å²) in [5.41, 5.74) is 1.55. The molecule has 0 atom stereocenters. The summed E-state index contributed by atoms with van der Waals surface area (Å²) >= 11 is 1.47. The van der Waals surface area contributed by atoms with Gasteiger partial charge in [0, 0.05) is 17.5 Å². The van der Waals surface area contributed by atoms with Crippen LogP contribution < -0.4 is 4.74 Å². The van der Waals surface area contributed by atoms with Gasteiger partial charge < -0.3 is 9.84 Å². The van der Waals surface area contributed by atoms with Gasteiger partial charge >= 0.3 is 0 Å². The Balaban J connectivity index is 2.44. The normalized spacial score (nSPS) is 9.73. The van der Waals surface area contributed by atoms with Crippen molar-refractivity contribution in [1.29, 1.82) is 0 Å². The Morgan fingerprint density at radius 1 is 1.47 bits per heavy atom. The highest BCUT2D eigenvalue weighted by molar-refractivity contribution is 7.13. The van der Waals surface area contributed by atoms with Gasteiger partial charge in [0.15, 0.2) is 0 Å². The summed E-state index contributed by atoms with van der Waals surface area (Å²) in [6.07, 6.45) is 0. The van der Waals surface area contributed by atoms with Crippen LogP contribution in [0.1, 0.15) is 5.69 Å². The Morgan fingerprint density at radius 2 is 2.27 bits per heavy atom. The predicted octanol–water partition coefficient (Wildman–Crippen LogP) is 1.91. The minimum atomic E-state index is -0.0402. The van der Waals surface area contributed by atoms with E-state index in [9.17, 15) is 0 Å². The molecule has 15 heavy (non-hydrogen) atoms. The number of hydrogen-bond donors (Lipinski definition) is 1. The maximum absolute atomic E-state index is 8.92. The van der Waals surface area contributed by atoms with Crippen LogP contribution in [0.2, 0.25) is 0 Å². The van der Waals surface area contributed by atoms with Gasteiger partial charge in [-0.25, -0.2) is 4.98 Å². The lowest BCUT2D eigenvalue weighted by Gasteiger charge is -2.02. The Hall–Kier alpha value is -1.57. The highest BCUT2D eigenvalue weighted by Crippen LogP contribution is 2.30. The molecule has 4 heteroatoms. The number of rotatable bonds is 3. The van der Waals surface area contributed by atoms with E-state index < -0.39 is 0 Å². The number of aliphatic hydroxyl groups is 1. The van der Waals surface area contributed by atoms with Crippen molar-refractivity contribution >= 4 is 11.3 Å². The van der Waals surface area contributed by atoms with E-state index in [0.29, 0.717) is 11.4 Å². The molecule has 2 aromatic rings. The molecule has 1 N–H and O–H groups in total. The van der Waals surface area contributed by atoms with Crippen LogP contribution >= 0.6 is 11.3 Å². The molecule has 76 valence electrons. The van der Waals surface area contributed by atoms with Gasteiger partial charge in [-0.3, -0.25) is 0 Å². The number of hydrogen-bond acceptors (Lipinski definition) is 4. The van der Waals surface area contributed by atoms with E-state index in [4.69, 9.17) is 9.84 Å². The summed E-state index contributed by atoms with van der Waals surface area (Å²) in [7, 11) is 1.60. The fraction of sp³-hybridized carbons (Fsp3) is 0.182. The lowest BCUT2D eigenvalue weighted by Crippen LogP contribution is -1.87. The molecule has 0 fully saturated rings. The van der Waals surface area contributed by atoms with Crippen LogP contribution in [0.3, 0.4) is 0 Å². The fourth-order valence-corrected chi connectivity index (χ4v) is 2.04. The molecule has 0 aliphatic rings. The number of ether oxygens (including phenoxy) is 1. The second-order valence-electron chi connectivity index (χ2n) is 2.86. The molecule has 0 bridgehead atoms. The summed E-state index contributed by atoms with van der Waals surface area (Å²) < 4.78 is 5.20. The van der Waals surface area contributed by atoms with E-state index in [1.54, 1.807) is 19.2 Å². The Bertz CT molecular complexity index is 453. The van der Waals surface area contributed by atoms with E-state index in [1.807, 2.05) is 5.38 Å². The van der Waals surface area contributed by atoms with Crippen molar-refractivity contribution in [3.05, 3.63) is 35.3 Å². The first-order valence-electron chi connectivity index (χ1n) is 4.36. The molecule has 0 aliphatic heterocycles. The zero-order valence-electron chi connectivity index (χ0n) is 8.15. The topological polar surface area (TPSA) is 42.4 Å². The number of nitrogens with zero attached hydrogens (tertiary/aromatic N) is 1. The van der Waals surface area contributed by atoms with Crippen LogP contribution in [0, 0.1) is 12.1 Å². The maximum atomic E-state index is 8.92. The summed E-state index contributed by atoms with van der Waals surface area (Å²) in [5, 5.41) is 11.6. The number of aromatic nitrogens is 1. The number of methoxy groups -OCH3 is 1. The summed E-state index contributed by atoms with van der Waals surface area (Å²) in [5.74, 6) is 0.715. The van der Waals surface area contributed by atoms with Crippen LogP contribution in [-0.4, -0.2) is 17.2 Å². The van der Waals surface area contributed by atoms with Gasteiger partial charge in [-0.15, -0.1) is 11.3 Å². The first kappa shape index (κ1) is 9.97. The second-order valence-corrected chi connectivity index (χ2v) is 3.72. The molecule has 0 radical (unpaired) electrons. The Labute approximate surface area is 92.0 Å². The fourth-order valence-electron chi connectivity index (χ4n) is 1.21. The van der Waals surface area contributed by atoms with Gasteiger partial charge in [0.2, 0.25) is 0 Å². The molecule has 0 aliphatic carbocycles. The van der Waals surface area contributed by atoms with Gasteiger partial charge in [-0.05, 0) is 0 Å².